The second-order valence-corrected chi connectivity index (χ2v) is 2.45. The molecule has 4 heteroatoms. The summed E-state index contributed by atoms with van der Waals surface area (Å²) in [7, 11) is 0. The van der Waals surface area contributed by atoms with Crippen LogP contribution >= 0.6 is 15.9 Å². The second-order valence-electron chi connectivity index (χ2n) is 1.53. The van der Waals surface area contributed by atoms with E-state index in [1.807, 2.05) is 13.8 Å². The molecule has 0 radical (unpaired) electrons. The zero-order valence-electron chi connectivity index (χ0n) is 6.44. The molecule has 0 spiro atoms. The van der Waals surface area contributed by atoms with E-state index in [4.69, 9.17) is 5.73 Å². The van der Waals surface area contributed by atoms with E-state index in [9.17, 15) is 4.39 Å². The number of anilines is 1. The van der Waals surface area contributed by atoms with Gasteiger partial charge in [0, 0.05) is 10.7 Å². The van der Waals surface area contributed by atoms with Gasteiger partial charge in [0.1, 0.15) is 0 Å². The Bertz CT molecular complexity index is 228. The minimum absolute atomic E-state index is 0.0596. The maximum atomic E-state index is 12.2. The largest absolute Gasteiger partial charge is 0.395 e. The second kappa shape index (κ2) is 5.07. The van der Waals surface area contributed by atoms with E-state index < -0.39 is 5.95 Å². The number of halogens is 2. The van der Waals surface area contributed by atoms with E-state index in [2.05, 4.69) is 20.9 Å². The molecule has 0 aliphatic heterocycles. The lowest BCUT2D eigenvalue weighted by Gasteiger charge is -1.92. The minimum atomic E-state index is -0.627. The molecule has 0 bridgehead atoms. The van der Waals surface area contributed by atoms with Crippen molar-refractivity contribution in [2.24, 2.45) is 0 Å². The lowest BCUT2D eigenvalue weighted by molar-refractivity contribution is 0.588. The van der Waals surface area contributed by atoms with Crippen molar-refractivity contribution in [3.8, 4) is 0 Å². The van der Waals surface area contributed by atoms with E-state index in [1.54, 1.807) is 0 Å². The summed E-state index contributed by atoms with van der Waals surface area (Å²) < 4.78 is 12.9. The van der Waals surface area contributed by atoms with Crippen molar-refractivity contribution >= 4 is 21.6 Å². The van der Waals surface area contributed by atoms with Gasteiger partial charge in [0.25, 0.3) is 0 Å². The van der Waals surface area contributed by atoms with Crippen molar-refractivity contribution in [1.29, 1.82) is 0 Å². The average molecular weight is 221 g/mol. The number of hydrogen-bond acceptors (Lipinski definition) is 2. The first-order valence-corrected chi connectivity index (χ1v) is 4.06. The fourth-order valence-corrected chi connectivity index (χ4v) is 0.787. The fourth-order valence-electron chi connectivity index (χ4n) is 0.438. The van der Waals surface area contributed by atoms with Crippen LogP contribution in [-0.4, -0.2) is 4.98 Å². The molecule has 1 heterocycles. The Balaban J connectivity index is 0.000000461. The maximum Gasteiger partial charge on any atom is 0.236 e. The smallest absolute Gasteiger partial charge is 0.236 e. The van der Waals surface area contributed by atoms with Gasteiger partial charge in [-0.05, 0) is 22.0 Å². The zero-order valence-corrected chi connectivity index (χ0v) is 8.02. The summed E-state index contributed by atoms with van der Waals surface area (Å²) in [6.45, 7) is 4.00. The molecular formula is C7H10BrFN2. The molecule has 1 aromatic rings. The summed E-state index contributed by atoms with van der Waals surface area (Å²) in [5.74, 6) is -0.627. The van der Waals surface area contributed by atoms with Crippen molar-refractivity contribution < 1.29 is 4.39 Å². The van der Waals surface area contributed by atoms with Crippen molar-refractivity contribution in [3.63, 3.8) is 0 Å². The van der Waals surface area contributed by atoms with Crippen LogP contribution in [0, 0.1) is 5.95 Å². The van der Waals surface area contributed by atoms with E-state index in [1.165, 1.54) is 12.3 Å². The molecule has 2 nitrogen and oxygen atoms in total. The van der Waals surface area contributed by atoms with Crippen LogP contribution in [0.5, 0.6) is 0 Å². The summed E-state index contributed by atoms with van der Waals surface area (Å²) in [5, 5.41) is 0. The average Bonchev–Trinajstić information content (AvgIpc) is 2.02. The van der Waals surface area contributed by atoms with Crippen molar-refractivity contribution in [1.82, 2.24) is 4.98 Å². The molecule has 2 N–H and O–H groups in total. The summed E-state index contributed by atoms with van der Waals surface area (Å²) in [5.41, 5.74) is 5.21. The van der Waals surface area contributed by atoms with Gasteiger partial charge >= 0.3 is 0 Å². The van der Waals surface area contributed by atoms with Crippen LogP contribution in [0.1, 0.15) is 13.8 Å². The van der Waals surface area contributed by atoms with E-state index in [0.717, 1.165) is 0 Å². The third kappa shape index (κ3) is 3.32. The molecule has 0 saturated heterocycles. The van der Waals surface area contributed by atoms with Crippen molar-refractivity contribution in [2.75, 3.05) is 5.73 Å². The highest BCUT2D eigenvalue weighted by Gasteiger charge is 1.96. The molecule has 62 valence electrons. The van der Waals surface area contributed by atoms with Gasteiger partial charge in [0.05, 0.1) is 5.69 Å². The molecule has 0 unspecified atom stereocenters. The lowest BCUT2D eigenvalue weighted by Crippen LogP contribution is -1.92. The zero-order chi connectivity index (χ0) is 8.85. The molecule has 0 atom stereocenters. The number of rotatable bonds is 0. The first-order chi connectivity index (χ1) is 5.20. The van der Waals surface area contributed by atoms with Crippen molar-refractivity contribution in [2.45, 2.75) is 13.8 Å². The number of nitrogens with two attached hydrogens (primary N) is 1. The SMILES string of the molecule is CC.Nc1cc(Br)cnc1F. The van der Waals surface area contributed by atoms with E-state index in [0.29, 0.717) is 4.47 Å². The monoisotopic (exact) mass is 220 g/mol. The van der Waals surface area contributed by atoms with Gasteiger partial charge in [0.2, 0.25) is 5.95 Å². The fraction of sp³-hybridized carbons (Fsp3) is 0.286. The summed E-state index contributed by atoms with van der Waals surface area (Å²) in [6.07, 6.45) is 1.35. The summed E-state index contributed by atoms with van der Waals surface area (Å²) in [4.78, 5) is 3.34. The number of nitrogen functional groups attached to an aromatic ring is 1. The van der Waals surface area contributed by atoms with E-state index in [-0.39, 0.29) is 5.69 Å². The first kappa shape index (κ1) is 10.4. The Morgan fingerprint density at radius 1 is 1.55 bits per heavy atom. The highest BCUT2D eigenvalue weighted by atomic mass is 79.9. The molecular weight excluding hydrogens is 211 g/mol. The molecule has 1 aromatic heterocycles. The van der Waals surface area contributed by atoms with Gasteiger partial charge in [-0.25, -0.2) is 4.98 Å². The Hall–Kier alpha value is -0.640. The van der Waals surface area contributed by atoms with Crippen molar-refractivity contribution in [3.05, 3.63) is 22.7 Å². The minimum Gasteiger partial charge on any atom is -0.395 e. The number of nitrogens with zero attached hydrogens (tertiary/aromatic N) is 1. The number of aromatic nitrogens is 1. The summed E-state index contributed by atoms with van der Waals surface area (Å²) in [6, 6.07) is 1.46. The van der Waals surface area contributed by atoms with E-state index >= 15 is 0 Å². The van der Waals surface area contributed by atoms with Gasteiger partial charge in [-0.3, -0.25) is 0 Å². The maximum absolute atomic E-state index is 12.2. The van der Waals surface area contributed by atoms with Gasteiger partial charge < -0.3 is 5.73 Å². The van der Waals surface area contributed by atoms with Crippen LogP contribution in [0.25, 0.3) is 0 Å². The summed E-state index contributed by atoms with van der Waals surface area (Å²) >= 11 is 3.09. The standard InChI is InChI=1S/C5H4BrFN2.C2H6/c6-3-1-4(8)5(7)9-2-3;1-2/h1-2H,8H2;1-2H3. The lowest BCUT2D eigenvalue weighted by atomic mass is 10.4. The van der Waals surface area contributed by atoms with Gasteiger partial charge in [0.15, 0.2) is 0 Å². The molecule has 0 amide bonds. The predicted octanol–water partition coefficient (Wildman–Crippen LogP) is 2.59. The third-order valence-electron chi connectivity index (χ3n) is 0.833. The number of hydrogen-bond donors (Lipinski definition) is 1. The molecule has 0 saturated carbocycles. The van der Waals surface area contributed by atoms with Crippen LogP contribution in [-0.2, 0) is 0 Å². The quantitative estimate of drug-likeness (QED) is 0.684. The topological polar surface area (TPSA) is 38.9 Å². The van der Waals surface area contributed by atoms with Gasteiger partial charge in [-0.15, -0.1) is 0 Å². The van der Waals surface area contributed by atoms with Gasteiger partial charge in [-0.1, -0.05) is 13.8 Å². The van der Waals surface area contributed by atoms with Crippen LogP contribution in [0.2, 0.25) is 0 Å². The molecule has 0 aliphatic carbocycles. The number of pyridine rings is 1. The molecule has 11 heavy (non-hydrogen) atoms. The van der Waals surface area contributed by atoms with Crippen LogP contribution in [0.4, 0.5) is 10.1 Å². The van der Waals surface area contributed by atoms with Crippen LogP contribution in [0.15, 0.2) is 16.7 Å². The molecule has 1 rings (SSSR count). The Morgan fingerprint density at radius 3 is 2.45 bits per heavy atom. The molecule has 0 aromatic carbocycles. The normalized spacial score (nSPS) is 8.36. The first-order valence-electron chi connectivity index (χ1n) is 3.26. The Kier molecular flexibility index (Phi) is 4.77. The van der Waals surface area contributed by atoms with Gasteiger partial charge in [-0.2, -0.15) is 4.39 Å². The predicted molar refractivity (Wildman–Crippen MR) is 47.7 cm³/mol. The highest BCUT2D eigenvalue weighted by Crippen LogP contribution is 2.13. The molecule has 0 aliphatic rings. The Labute approximate surface area is 73.8 Å². The van der Waals surface area contributed by atoms with Crippen LogP contribution in [0.3, 0.4) is 0 Å². The van der Waals surface area contributed by atoms with Crippen LogP contribution < -0.4 is 5.73 Å². The third-order valence-corrected chi connectivity index (χ3v) is 1.27. The Morgan fingerprint density at radius 2 is 2.09 bits per heavy atom. The highest BCUT2D eigenvalue weighted by molar-refractivity contribution is 9.10. The molecule has 0 fully saturated rings.